The Bertz CT molecular complexity index is 1470. The highest BCUT2D eigenvalue weighted by Crippen LogP contribution is 2.29. The first-order valence-electron chi connectivity index (χ1n) is 13.6. The van der Waals surface area contributed by atoms with Crippen LogP contribution < -0.4 is 20.9 Å². The predicted molar refractivity (Wildman–Crippen MR) is 161 cm³/mol. The van der Waals surface area contributed by atoms with Gasteiger partial charge in [0.05, 0.1) is 11.4 Å². The molecule has 0 radical (unpaired) electrons. The van der Waals surface area contributed by atoms with Crippen molar-refractivity contribution >= 4 is 52.4 Å². The Morgan fingerprint density at radius 1 is 0.833 bits per heavy atom. The highest BCUT2D eigenvalue weighted by molar-refractivity contribution is 6.35. The van der Waals surface area contributed by atoms with Crippen LogP contribution in [-0.4, -0.2) is 62.0 Å². The van der Waals surface area contributed by atoms with Crippen LogP contribution in [0.1, 0.15) is 39.6 Å². The molecule has 1 fully saturated rings. The number of rotatable bonds is 8. The summed E-state index contributed by atoms with van der Waals surface area (Å²) < 4.78 is 27.3. The number of carbonyl (C=O) groups is 3. The van der Waals surface area contributed by atoms with Crippen molar-refractivity contribution in [1.29, 1.82) is 0 Å². The molecule has 222 valence electrons. The van der Waals surface area contributed by atoms with Crippen molar-refractivity contribution < 1.29 is 23.2 Å². The Hall–Kier alpha value is -3.89. The molecule has 1 aliphatic rings. The van der Waals surface area contributed by atoms with E-state index in [1.807, 2.05) is 11.8 Å². The van der Waals surface area contributed by atoms with Crippen LogP contribution >= 0.6 is 23.2 Å². The van der Waals surface area contributed by atoms with E-state index in [2.05, 4.69) is 16.0 Å². The van der Waals surface area contributed by atoms with Crippen LogP contribution in [0.3, 0.4) is 0 Å². The van der Waals surface area contributed by atoms with E-state index in [1.165, 1.54) is 6.07 Å². The summed E-state index contributed by atoms with van der Waals surface area (Å²) in [6.45, 7) is 4.79. The van der Waals surface area contributed by atoms with E-state index in [1.54, 1.807) is 41.3 Å². The second kappa shape index (κ2) is 14.3. The number of nitrogens with one attached hydrogen (secondary N) is 3. The third-order valence-electron chi connectivity index (χ3n) is 6.84. The van der Waals surface area contributed by atoms with Gasteiger partial charge in [-0.05, 0) is 73.9 Å². The van der Waals surface area contributed by atoms with Crippen LogP contribution in [0.15, 0.2) is 54.6 Å². The molecule has 4 rings (SSSR count). The smallest absolute Gasteiger partial charge is 0.317 e. The highest BCUT2D eigenvalue weighted by atomic mass is 35.5. The summed E-state index contributed by atoms with van der Waals surface area (Å²) in [6, 6.07) is 12.8. The molecule has 3 N–H and O–H groups in total. The van der Waals surface area contributed by atoms with Crippen LogP contribution in [0.25, 0.3) is 0 Å². The van der Waals surface area contributed by atoms with Gasteiger partial charge in [0.25, 0.3) is 11.8 Å². The van der Waals surface area contributed by atoms with E-state index in [0.717, 1.165) is 17.7 Å². The highest BCUT2D eigenvalue weighted by Gasteiger charge is 2.22. The maximum Gasteiger partial charge on any atom is 0.317 e. The number of anilines is 2. The topological polar surface area (TPSA) is 93.8 Å². The molecule has 42 heavy (non-hydrogen) atoms. The summed E-state index contributed by atoms with van der Waals surface area (Å²) in [5.74, 6) is -3.24. The summed E-state index contributed by atoms with van der Waals surface area (Å²) in [7, 11) is 0. The van der Waals surface area contributed by atoms with Crippen LogP contribution in [-0.2, 0) is 6.42 Å². The van der Waals surface area contributed by atoms with E-state index >= 15 is 0 Å². The Kier molecular flexibility index (Phi) is 10.6. The molecule has 1 saturated heterocycles. The maximum absolute atomic E-state index is 13.8. The van der Waals surface area contributed by atoms with Crippen molar-refractivity contribution in [1.82, 2.24) is 15.5 Å². The van der Waals surface area contributed by atoms with Gasteiger partial charge in [0.15, 0.2) is 11.6 Å². The first-order valence-corrected chi connectivity index (χ1v) is 14.3. The molecule has 8 nitrogen and oxygen atoms in total. The molecule has 3 aromatic rings. The van der Waals surface area contributed by atoms with E-state index in [-0.39, 0.29) is 17.5 Å². The molecule has 4 amide bonds. The quantitative estimate of drug-likeness (QED) is 0.301. The zero-order chi connectivity index (χ0) is 30.2. The first-order chi connectivity index (χ1) is 20.2. The van der Waals surface area contributed by atoms with Crippen molar-refractivity contribution in [2.24, 2.45) is 0 Å². The minimum absolute atomic E-state index is 0.0761. The average Bonchev–Trinajstić information content (AvgIpc) is 3.22. The SMILES string of the molecule is CCNC(=O)N1CCCN(c2ccc(C(=O)NCCc3ccc(Cl)cc3Cl)cc2NC(=O)c2ccc(F)c(F)c2)CC1. The second-order valence-electron chi connectivity index (χ2n) is 9.72. The van der Waals surface area contributed by atoms with Gasteiger partial charge in [0.2, 0.25) is 0 Å². The van der Waals surface area contributed by atoms with E-state index in [0.29, 0.717) is 79.1 Å². The molecule has 0 spiro atoms. The van der Waals surface area contributed by atoms with E-state index < -0.39 is 17.5 Å². The number of nitrogens with zero attached hydrogens (tertiary/aromatic N) is 2. The third-order valence-corrected chi connectivity index (χ3v) is 7.42. The Labute approximate surface area is 253 Å². The summed E-state index contributed by atoms with van der Waals surface area (Å²) in [6.07, 6.45) is 1.17. The zero-order valence-electron chi connectivity index (χ0n) is 23.0. The average molecular weight is 619 g/mol. The fraction of sp³-hybridized carbons (Fsp3) is 0.300. The number of halogens is 4. The Balaban J connectivity index is 1.54. The zero-order valence-corrected chi connectivity index (χ0v) is 24.5. The number of benzene rings is 3. The molecule has 0 unspecified atom stereocenters. The van der Waals surface area contributed by atoms with Crippen LogP contribution in [0.5, 0.6) is 0 Å². The van der Waals surface area contributed by atoms with Crippen LogP contribution in [0.2, 0.25) is 10.0 Å². The fourth-order valence-electron chi connectivity index (χ4n) is 4.65. The number of urea groups is 1. The molecule has 3 aromatic carbocycles. The lowest BCUT2D eigenvalue weighted by molar-refractivity contribution is 0.0952. The summed E-state index contributed by atoms with van der Waals surface area (Å²) >= 11 is 12.2. The van der Waals surface area contributed by atoms with Crippen molar-refractivity contribution in [3.8, 4) is 0 Å². The van der Waals surface area contributed by atoms with Gasteiger partial charge in [-0.25, -0.2) is 13.6 Å². The van der Waals surface area contributed by atoms with Gasteiger partial charge in [-0.3, -0.25) is 9.59 Å². The molecule has 0 aliphatic carbocycles. The molecule has 0 saturated carbocycles. The van der Waals surface area contributed by atoms with Gasteiger partial charge in [0.1, 0.15) is 0 Å². The normalized spacial score (nSPS) is 13.4. The van der Waals surface area contributed by atoms with Gasteiger partial charge in [-0.1, -0.05) is 29.3 Å². The lowest BCUT2D eigenvalue weighted by Gasteiger charge is -2.26. The lowest BCUT2D eigenvalue weighted by atomic mass is 10.1. The largest absolute Gasteiger partial charge is 0.368 e. The number of amides is 4. The van der Waals surface area contributed by atoms with Gasteiger partial charge in [-0.15, -0.1) is 0 Å². The molecule has 12 heteroatoms. The van der Waals surface area contributed by atoms with Crippen LogP contribution in [0, 0.1) is 11.6 Å². The number of carbonyl (C=O) groups excluding carboxylic acids is 3. The fourth-order valence-corrected chi connectivity index (χ4v) is 5.15. The summed E-state index contributed by atoms with van der Waals surface area (Å²) in [4.78, 5) is 42.2. The van der Waals surface area contributed by atoms with Gasteiger partial charge < -0.3 is 25.8 Å². The third kappa shape index (κ3) is 7.89. The van der Waals surface area contributed by atoms with Crippen LogP contribution in [0.4, 0.5) is 25.0 Å². The molecule has 0 aromatic heterocycles. The summed E-state index contributed by atoms with van der Waals surface area (Å²) in [5, 5.41) is 9.46. The molecule has 0 bridgehead atoms. The van der Waals surface area contributed by atoms with E-state index in [4.69, 9.17) is 23.2 Å². The van der Waals surface area contributed by atoms with Crippen molar-refractivity contribution in [2.45, 2.75) is 19.8 Å². The number of hydrogen-bond donors (Lipinski definition) is 3. The maximum atomic E-state index is 13.8. The van der Waals surface area contributed by atoms with Gasteiger partial charge in [0, 0.05) is 60.4 Å². The molecule has 0 atom stereocenters. The molecular weight excluding hydrogens is 587 g/mol. The standard InChI is InChI=1S/C30H31Cl2F2N5O3/c1-2-35-30(42)39-13-3-12-38(14-15-39)27-9-6-21(28(40)36-11-10-19-4-7-22(31)18-23(19)32)17-26(27)37-29(41)20-5-8-24(33)25(34)16-20/h4-9,16-18H,2-3,10-15H2,1H3,(H,35,42)(H,36,40)(H,37,41). The monoisotopic (exact) mass is 617 g/mol. The van der Waals surface area contributed by atoms with Crippen molar-refractivity contribution in [3.63, 3.8) is 0 Å². The predicted octanol–water partition coefficient (Wildman–Crippen LogP) is 5.74. The van der Waals surface area contributed by atoms with Gasteiger partial charge in [-0.2, -0.15) is 0 Å². The molecule has 1 heterocycles. The second-order valence-corrected chi connectivity index (χ2v) is 10.6. The summed E-state index contributed by atoms with van der Waals surface area (Å²) in [5.41, 5.74) is 2.00. The lowest BCUT2D eigenvalue weighted by Crippen LogP contribution is -2.42. The first kappa shape index (κ1) is 31.1. The molecule has 1 aliphatic heterocycles. The minimum Gasteiger partial charge on any atom is -0.368 e. The van der Waals surface area contributed by atoms with E-state index in [9.17, 15) is 23.2 Å². The molecular formula is C30H31Cl2F2N5O3. The van der Waals surface area contributed by atoms with Crippen molar-refractivity contribution in [2.75, 3.05) is 49.5 Å². The Morgan fingerprint density at radius 3 is 2.33 bits per heavy atom. The Morgan fingerprint density at radius 2 is 1.60 bits per heavy atom. The van der Waals surface area contributed by atoms with Gasteiger partial charge >= 0.3 is 6.03 Å². The minimum atomic E-state index is -1.14. The number of hydrogen-bond acceptors (Lipinski definition) is 4. The van der Waals surface area contributed by atoms with Crippen molar-refractivity contribution in [3.05, 3.63) is 93.0 Å².